The molecule has 0 saturated heterocycles. The van der Waals surface area contributed by atoms with Gasteiger partial charge in [0.05, 0.1) is 16.8 Å². The van der Waals surface area contributed by atoms with Gasteiger partial charge in [0, 0.05) is 24.4 Å². The van der Waals surface area contributed by atoms with Crippen LogP contribution in [-0.2, 0) is 12.6 Å². The van der Waals surface area contributed by atoms with Crippen molar-refractivity contribution in [3.8, 4) is 0 Å². The van der Waals surface area contributed by atoms with Gasteiger partial charge >= 0.3 is 6.18 Å². The zero-order valence-corrected chi connectivity index (χ0v) is 11.8. The van der Waals surface area contributed by atoms with Crippen LogP contribution in [0.25, 0.3) is 0 Å². The summed E-state index contributed by atoms with van der Waals surface area (Å²) in [6, 6.07) is 5.28. The Morgan fingerprint density at radius 3 is 2.50 bits per heavy atom. The number of aromatic nitrogens is 1. The number of hydrogen-bond donors (Lipinski definition) is 1. The van der Waals surface area contributed by atoms with E-state index in [2.05, 4.69) is 10.3 Å². The van der Waals surface area contributed by atoms with E-state index in [4.69, 9.17) is 0 Å². The van der Waals surface area contributed by atoms with Crippen LogP contribution in [0, 0.1) is 0 Å². The summed E-state index contributed by atoms with van der Waals surface area (Å²) in [4.78, 5) is 4.18. The molecule has 0 aliphatic carbocycles. The predicted molar refractivity (Wildman–Crippen MR) is 73.7 cm³/mol. The molecule has 1 N–H and O–H groups in total. The summed E-state index contributed by atoms with van der Waals surface area (Å²) in [6.45, 7) is 2.68. The number of benzene rings is 1. The molecule has 1 aromatic heterocycles. The Hall–Kier alpha value is -1.40. The van der Waals surface area contributed by atoms with Crippen LogP contribution in [0.3, 0.4) is 0 Å². The van der Waals surface area contributed by atoms with Crippen LogP contribution < -0.4 is 5.32 Å². The average Bonchev–Trinajstić information content (AvgIpc) is 2.91. The number of rotatable bonds is 5. The largest absolute Gasteiger partial charge is 0.416 e. The van der Waals surface area contributed by atoms with E-state index in [0.717, 1.165) is 36.4 Å². The van der Waals surface area contributed by atoms with Crippen molar-refractivity contribution in [3.05, 3.63) is 52.0 Å². The fourth-order valence-corrected chi connectivity index (χ4v) is 2.45. The maximum Gasteiger partial charge on any atom is 0.416 e. The van der Waals surface area contributed by atoms with Crippen molar-refractivity contribution in [2.45, 2.75) is 25.6 Å². The third-order valence-electron chi connectivity index (χ3n) is 3.05. The van der Waals surface area contributed by atoms with E-state index < -0.39 is 11.7 Å². The van der Waals surface area contributed by atoms with Gasteiger partial charge in [0.25, 0.3) is 0 Å². The Morgan fingerprint density at radius 1 is 1.25 bits per heavy atom. The molecule has 2 aromatic rings. The molecule has 0 spiro atoms. The maximum atomic E-state index is 12.5. The molecule has 1 unspecified atom stereocenters. The lowest BCUT2D eigenvalue weighted by atomic mass is 10.1. The minimum Gasteiger partial charge on any atom is -0.310 e. The van der Waals surface area contributed by atoms with Crippen LogP contribution in [0.15, 0.2) is 35.2 Å². The maximum absolute atomic E-state index is 12.5. The smallest absolute Gasteiger partial charge is 0.310 e. The molecule has 6 heteroatoms. The van der Waals surface area contributed by atoms with E-state index in [1.54, 1.807) is 16.8 Å². The van der Waals surface area contributed by atoms with Gasteiger partial charge in [0.2, 0.25) is 0 Å². The van der Waals surface area contributed by atoms with E-state index in [1.165, 1.54) is 12.1 Å². The number of hydrogen-bond acceptors (Lipinski definition) is 3. The zero-order valence-electron chi connectivity index (χ0n) is 10.9. The van der Waals surface area contributed by atoms with E-state index in [-0.39, 0.29) is 6.04 Å². The van der Waals surface area contributed by atoms with Gasteiger partial charge in [0.1, 0.15) is 0 Å². The Balaban J connectivity index is 1.87. The van der Waals surface area contributed by atoms with Crippen LogP contribution >= 0.6 is 11.3 Å². The van der Waals surface area contributed by atoms with Gasteiger partial charge in [-0.25, -0.2) is 4.98 Å². The fraction of sp³-hybridized carbons (Fsp3) is 0.357. The molecule has 2 rings (SSSR count). The minimum atomic E-state index is -4.28. The van der Waals surface area contributed by atoms with Gasteiger partial charge in [0.15, 0.2) is 0 Å². The molecule has 2 nitrogen and oxygen atoms in total. The molecule has 1 aromatic carbocycles. The average molecular weight is 300 g/mol. The molecule has 0 fully saturated rings. The summed E-state index contributed by atoms with van der Waals surface area (Å²) in [5, 5.41) is 5.27. The third-order valence-corrected chi connectivity index (χ3v) is 3.69. The highest BCUT2D eigenvalue weighted by atomic mass is 32.1. The number of alkyl halides is 3. The van der Waals surface area contributed by atoms with Gasteiger partial charge in [-0.05, 0) is 24.6 Å². The highest BCUT2D eigenvalue weighted by Crippen LogP contribution is 2.29. The van der Waals surface area contributed by atoms with E-state index in [9.17, 15) is 13.2 Å². The van der Waals surface area contributed by atoms with Crippen molar-refractivity contribution >= 4 is 11.3 Å². The summed E-state index contributed by atoms with van der Waals surface area (Å²) in [5.74, 6) is 0. The molecule has 20 heavy (non-hydrogen) atoms. The Kier molecular flexibility index (Phi) is 4.77. The normalized spacial score (nSPS) is 13.4. The van der Waals surface area contributed by atoms with Crippen LogP contribution in [0.5, 0.6) is 0 Å². The fourth-order valence-electron chi connectivity index (χ4n) is 1.86. The second-order valence-corrected chi connectivity index (χ2v) is 5.24. The molecule has 0 saturated carbocycles. The SMILES string of the molecule is CC(NCCc1cscn1)c1ccc(C(F)(F)F)cc1. The minimum absolute atomic E-state index is 0.0101. The summed E-state index contributed by atoms with van der Waals surface area (Å²) in [5.41, 5.74) is 3.04. The highest BCUT2D eigenvalue weighted by molar-refractivity contribution is 7.07. The van der Waals surface area contributed by atoms with Crippen molar-refractivity contribution in [1.29, 1.82) is 0 Å². The first kappa shape index (κ1) is 15.0. The summed E-state index contributed by atoms with van der Waals surface area (Å²) in [7, 11) is 0. The first-order chi connectivity index (χ1) is 9.47. The Bertz CT molecular complexity index is 520. The van der Waals surface area contributed by atoms with Crippen molar-refractivity contribution in [1.82, 2.24) is 10.3 Å². The lowest BCUT2D eigenvalue weighted by Gasteiger charge is -2.15. The quantitative estimate of drug-likeness (QED) is 0.901. The van der Waals surface area contributed by atoms with Gasteiger partial charge in [-0.2, -0.15) is 13.2 Å². The van der Waals surface area contributed by atoms with Gasteiger partial charge < -0.3 is 5.32 Å². The number of thiazole rings is 1. The first-order valence-electron chi connectivity index (χ1n) is 6.24. The molecule has 0 amide bonds. The van der Waals surface area contributed by atoms with Crippen molar-refractivity contribution in [2.75, 3.05) is 6.54 Å². The molecule has 0 radical (unpaired) electrons. The second-order valence-electron chi connectivity index (χ2n) is 4.53. The summed E-state index contributed by atoms with van der Waals surface area (Å²) >= 11 is 1.55. The topological polar surface area (TPSA) is 24.9 Å². The van der Waals surface area contributed by atoms with Crippen LogP contribution in [0.2, 0.25) is 0 Å². The number of nitrogens with one attached hydrogen (secondary N) is 1. The third kappa shape index (κ3) is 4.05. The van der Waals surface area contributed by atoms with E-state index in [1.807, 2.05) is 12.3 Å². The van der Waals surface area contributed by atoms with Crippen LogP contribution in [0.1, 0.15) is 29.8 Å². The molecule has 108 valence electrons. The lowest BCUT2D eigenvalue weighted by molar-refractivity contribution is -0.137. The first-order valence-corrected chi connectivity index (χ1v) is 7.18. The molecule has 1 atom stereocenters. The van der Waals surface area contributed by atoms with Gasteiger partial charge in [-0.1, -0.05) is 12.1 Å². The van der Waals surface area contributed by atoms with Crippen LogP contribution in [0.4, 0.5) is 13.2 Å². The predicted octanol–water partition coefficient (Wildman–Crippen LogP) is 4.06. The van der Waals surface area contributed by atoms with Crippen molar-refractivity contribution in [3.63, 3.8) is 0 Å². The van der Waals surface area contributed by atoms with Crippen molar-refractivity contribution in [2.24, 2.45) is 0 Å². The van der Waals surface area contributed by atoms with E-state index in [0.29, 0.717) is 0 Å². The summed E-state index contributed by atoms with van der Waals surface area (Å²) in [6.07, 6.45) is -3.46. The number of halogens is 3. The second kappa shape index (κ2) is 6.37. The molecule has 1 heterocycles. The van der Waals surface area contributed by atoms with Gasteiger partial charge in [-0.15, -0.1) is 11.3 Å². The summed E-state index contributed by atoms with van der Waals surface area (Å²) < 4.78 is 37.4. The molecular weight excluding hydrogens is 285 g/mol. The zero-order chi connectivity index (χ0) is 14.6. The van der Waals surface area contributed by atoms with Crippen molar-refractivity contribution < 1.29 is 13.2 Å². The Labute approximate surface area is 119 Å². The lowest BCUT2D eigenvalue weighted by Crippen LogP contribution is -2.21. The monoisotopic (exact) mass is 300 g/mol. The van der Waals surface area contributed by atoms with Crippen LogP contribution in [-0.4, -0.2) is 11.5 Å². The highest BCUT2D eigenvalue weighted by Gasteiger charge is 2.30. The molecular formula is C14H15F3N2S. The standard InChI is InChI=1S/C14H15F3N2S/c1-10(18-7-6-13-8-20-9-19-13)11-2-4-12(5-3-11)14(15,16)17/h2-5,8-10,18H,6-7H2,1H3. The number of nitrogens with zero attached hydrogens (tertiary/aromatic N) is 1. The Morgan fingerprint density at radius 2 is 1.95 bits per heavy atom. The van der Waals surface area contributed by atoms with Gasteiger partial charge in [-0.3, -0.25) is 0 Å². The molecule has 0 aliphatic rings. The van der Waals surface area contributed by atoms with E-state index >= 15 is 0 Å². The molecule has 0 bridgehead atoms. The molecule has 0 aliphatic heterocycles.